The van der Waals surface area contributed by atoms with Crippen molar-refractivity contribution >= 4 is 53.1 Å². The molecule has 0 aliphatic heterocycles. The van der Waals surface area contributed by atoms with E-state index in [4.69, 9.17) is 15.0 Å². The lowest BCUT2D eigenvalue weighted by molar-refractivity contribution is 1.08. The first-order chi connectivity index (χ1) is 25.2. The third-order valence-electron chi connectivity index (χ3n) is 9.73. The van der Waals surface area contributed by atoms with Crippen molar-refractivity contribution in [2.45, 2.75) is 0 Å². The number of benzene rings is 8. The summed E-state index contributed by atoms with van der Waals surface area (Å²) in [7, 11) is 0. The number of hydrogen-bond donors (Lipinski definition) is 0. The van der Waals surface area contributed by atoms with Crippen LogP contribution in [0.5, 0.6) is 0 Å². The summed E-state index contributed by atoms with van der Waals surface area (Å²) in [6.45, 7) is 0. The highest BCUT2D eigenvalue weighted by molar-refractivity contribution is 7.25. The molecule has 0 fully saturated rings. The molecular formula is C47H29N3S. The topological polar surface area (TPSA) is 38.7 Å². The minimum absolute atomic E-state index is 0.649. The SMILES string of the molecule is c1ccc(-c2ccc(-c3nc(-c4cccc5cc(-c6ccc7ccccc7c6)ccc45)nc(-c4cccc5sc6ccccc6c45)n3)cc2)cc1. The lowest BCUT2D eigenvalue weighted by Crippen LogP contribution is -2.01. The fourth-order valence-electron chi connectivity index (χ4n) is 7.18. The van der Waals surface area contributed by atoms with Crippen LogP contribution in [0.4, 0.5) is 0 Å². The van der Waals surface area contributed by atoms with E-state index >= 15 is 0 Å². The minimum atomic E-state index is 0.649. The molecule has 0 atom stereocenters. The Bertz CT molecular complexity index is 2910. The van der Waals surface area contributed by atoms with Crippen molar-refractivity contribution in [3.05, 3.63) is 176 Å². The summed E-state index contributed by atoms with van der Waals surface area (Å²) in [6, 6.07) is 62.2. The first-order valence-electron chi connectivity index (χ1n) is 17.1. The zero-order valence-electron chi connectivity index (χ0n) is 27.5. The fraction of sp³-hybridized carbons (Fsp3) is 0. The van der Waals surface area contributed by atoms with Gasteiger partial charge in [0.05, 0.1) is 0 Å². The highest BCUT2D eigenvalue weighted by Gasteiger charge is 2.18. The van der Waals surface area contributed by atoms with Gasteiger partial charge in [0.15, 0.2) is 17.5 Å². The molecule has 238 valence electrons. The number of hydrogen-bond acceptors (Lipinski definition) is 4. The number of nitrogens with zero attached hydrogens (tertiary/aromatic N) is 3. The molecule has 10 aromatic rings. The van der Waals surface area contributed by atoms with Crippen molar-refractivity contribution in [2.24, 2.45) is 0 Å². The highest BCUT2D eigenvalue weighted by Crippen LogP contribution is 2.40. The van der Waals surface area contributed by atoms with E-state index in [1.807, 2.05) is 6.07 Å². The Balaban J connectivity index is 1.15. The van der Waals surface area contributed by atoms with Crippen LogP contribution in [0.15, 0.2) is 176 Å². The smallest absolute Gasteiger partial charge is 0.164 e. The predicted octanol–water partition coefficient (Wildman–Crippen LogP) is 12.9. The van der Waals surface area contributed by atoms with E-state index in [0.717, 1.165) is 33.0 Å². The summed E-state index contributed by atoms with van der Waals surface area (Å²) >= 11 is 1.80. The minimum Gasteiger partial charge on any atom is -0.208 e. The summed E-state index contributed by atoms with van der Waals surface area (Å²) in [4.78, 5) is 15.6. The Labute approximate surface area is 299 Å². The van der Waals surface area contributed by atoms with Crippen molar-refractivity contribution < 1.29 is 0 Å². The van der Waals surface area contributed by atoms with Gasteiger partial charge < -0.3 is 0 Å². The fourth-order valence-corrected chi connectivity index (χ4v) is 8.31. The van der Waals surface area contributed by atoms with E-state index in [1.165, 1.54) is 47.6 Å². The second kappa shape index (κ2) is 12.1. The molecule has 2 aromatic heterocycles. The molecule has 0 spiro atoms. The van der Waals surface area contributed by atoms with Gasteiger partial charge >= 0.3 is 0 Å². The van der Waals surface area contributed by atoms with Gasteiger partial charge in [0, 0.05) is 36.9 Å². The Morgan fingerprint density at radius 2 is 0.882 bits per heavy atom. The quantitative estimate of drug-likeness (QED) is 0.183. The molecule has 0 N–H and O–H groups in total. The molecule has 0 aliphatic carbocycles. The van der Waals surface area contributed by atoms with Gasteiger partial charge in [-0.15, -0.1) is 11.3 Å². The van der Waals surface area contributed by atoms with Crippen LogP contribution in [0.2, 0.25) is 0 Å². The maximum atomic E-state index is 5.25. The summed E-state index contributed by atoms with van der Waals surface area (Å²) in [5.41, 5.74) is 7.63. The first kappa shape index (κ1) is 29.4. The zero-order chi connectivity index (χ0) is 33.7. The molecule has 2 heterocycles. The van der Waals surface area contributed by atoms with Crippen LogP contribution in [0, 0.1) is 0 Å². The normalized spacial score (nSPS) is 11.5. The van der Waals surface area contributed by atoms with Crippen molar-refractivity contribution in [3.8, 4) is 56.4 Å². The molecule has 10 rings (SSSR count). The second-order valence-corrected chi connectivity index (χ2v) is 13.9. The van der Waals surface area contributed by atoms with Gasteiger partial charge in [0.25, 0.3) is 0 Å². The van der Waals surface area contributed by atoms with E-state index in [2.05, 4.69) is 170 Å². The average molecular weight is 668 g/mol. The molecule has 0 saturated carbocycles. The molecule has 0 saturated heterocycles. The number of fused-ring (bicyclic) bond motifs is 5. The second-order valence-electron chi connectivity index (χ2n) is 12.8. The molecule has 0 amide bonds. The van der Waals surface area contributed by atoms with Gasteiger partial charge in [0.1, 0.15) is 0 Å². The van der Waals surface area contributed by atoms with Gasteiger partial charge in [-0.1, -0.05) is 152 Å². The van der Waals surface area contributed by atoms with E-state index in [0.29, 0.717) is 17.5 Å². The van der Waals surface area contributed by atoms with Gasteiger partial charge in [-0.25, -0.2) is 15.0 Å². The standard InChI is InChI=1S/C47H29N3S/c1-2-10-30(11-3-1)32-20-23-33(24-21-32)45-48-46(50-47(49-45)41-17-9-19-43-44(41)40-15-6-7-18-42(40)51-43)39-16-8-14-37-29-36(26-27-38(37)39)35-25-22-31-12-4-5-13-34(31)28-35/h1-29H. The first-order valence-corrected chi connectivity index (χ1v) is 17.9. The Kier molecular flexibility index (Phi) is 7.00. The van der Waals surface area contributed by atoms with Gasteiger partial charge in [0.2, 0.25) is 0 Å². The summed E-state index contributed by atoms with van der Waals surface area (Å²) < 4.78 is 2.47. The highest BCUT2D eigenvalue weighted by atomic mass is 32.1. The molecule has 0 unspecified atom stereocenters. The molecule has 51 heavy (non-hydrogen) atoms. The van der Waals surface area contributed by atoms with E-state index in [-0.39, 0.29) is 0 Å². The third-order valence-corrected chi connectivity index (χ3v) is 10.9. The van der Waals surface area contributed by atoms with Gasteiger partial charge in [-0.3, -0.25) is 0 Å². The Morgan fingerprint density at radius 3 is 1.75 bits per heavy atom. The molecular weight excluding hydrogens is 639 g/mol. The molecule has 0 aliphatic rings. The van der Waals surface area contributed by atoms with Crippen molar-refractivity contribution in [1.29, 1.82) is 0 Å². The summed E-state index contributed by atoms with van der Waals surface area (Å²) in [5.74, 6) is 1.97. The van der Waals surface area contributed by atoms with Crippen LogP contribution in [0.25, 0.3) is 98.1 Å². The van der Waals surface area contributed by atoms with Crippen LogP contribution in [0.3, 0.4) is 0 Å². The van der Waals surface area contributed by atoms with Gasteiger partial charge in [-0.2, -0.15) is 0 Å². The maximum Gasteiger partial charge on any atom is 0.164 e. The molecule has 0 radical (unpaired) electrons. The van der Waals surface area contributed by atoms with E-state index < -0.39 is 0 Å². The average Bonchev–Trinajstić information content (AvgIpc) is 3.59. The monoisotopic (exact) mass is 667 g/mol. The van der Waals surface area contributed by atoms with Crippen LogP contribution in [-0.4, -0.2) is 15.0 Å². The molecule has 3 nitrogen and oxygen atoms in total. The van der Waals surface area contributed by atoms with E-state index in [1.54, 1.807) is 11.3 Å². The number of thiophene rings is 1. The van der Waals surface area contributed by atoms with Crippen molar-refractivity contribution in [1.82, 2.24) is 15.0 Å². The van der Waals surface area contributed by atoms with Crippen LogP contribution in [0.1, 0.15) is 0 Å². The maximum absolute atomic E-state index is 5.25. The predicted molar refractivity (Wildman–Crippen MR) is 215 cm³/mol. The largest absolute Gasteiger partial charge is 0.208 e. The molecule has 8 aromatic carbocycles. The Hall–Kier alpha value is -6.49. The molecule has 4 heteroatoms. The number of rotatable bonds is 5. The summed E-state index contributed by atoms with van der Waals surface area (Å²) in [5, 5.41) is 7.11. The van der Waals surface area contributed by atoms with Crippen molar-refractivity contribution in [3.63, 3.8) is 0 Å². The Morgan fingerprint density at radius 1 is 0.314 bits per heavy atom. The van der Waals surface area contributed by atoms with Crippen LogP contribution >= 0.6 is 11.3 Å². The number of aromatic nitrogens is 3. The summed E-state index contributed by atoms with van der Waals surface area (Å²) in [6.07, 6.45) is 0. The van der Waals surface area contributed by atoms with E-state index in [9.17, 15) is 0 Å². The van der Waals surface area contributed by atoms with Gasteiger partial charge in [-0.05, 0) is 68.1 Å². The van der Waals surface area contributed by atoms with Crippen LogP contribution < -0.4 is 0 Å². The lowest BCUT2D eigenvalue weighted by Gasteiger charge is -2.12. The zero-order valence-corrected chi connectivity index (χ0v) is 28.3. The lowest BCUT2D eigenvalue weighted by atomic mass is 9.96. The molecule has 0 bridgehead atoms. The van der Waals surface area contributed by atoms with Crippen molar-refractivity contribution in [2.75, 3.05) is 0 Å². The van der Waals surface area contributed by atoms with Crippen LogP contribution in [-0.2, 0) is 0 Å². The third kappa shape index (κ3) is 5.25.